The number of nitrogens with zero attached hydrogens (tertiary/aromatic N) is 1. The minimum atomic E-state index is -3.93. The summed E-state index contributed by atoms with van der Waals surface area (Å²) in [7, 11) is -1.91. The third-order valence-corrected chi connectivity index (χ3v) is 8.98. The highest BCUT2D eigenvalue weighted by atomic mass is 79.9. The highest BCUT2D eigenvalue weighted by molar-refractivity contribution is 9.10. The van der Waals surface area contributed by atoms with E-state index in [1.165, 1.54) is 0 Å². The second kappa shape index (κ2) is 8.03. The number of nitrogens with one attached hydrogen (secondary N) is 1. The topological polar surface area (TPSA) is 58.6 Å². The van der Waals surface area contributed by atoms with Crippen LogP contribution in [0.2, 0.25) is 13.7 Å². The van der Waals surface area contributed by atoms with Crippen molar-refractivity contribution in [1.82, 2.24) is 4.90 Å². The standard InChI is InChI=1S/C15H14BrCl3N2O3S2/c1-21-5-4-9(7-21)24-11-6-8(2-3-10(11)17)20-26(22,23)13-12(16)14(18)25-15(13)19/h2-3,6,9,20H,4-5,7H2,1H3/t9-/m1/s1. The van der Waals surface area contributed by atoms with E-state index in [1.54, 1.807) is 18.2 Å². The summed E-state index contributed by atoms with van der Waals surface area (Å²) in [5.41, 5.74) is 0.320. The van der Waals surface area contributed by atoms with Gasteiger partial charge in [0.25, 0.3) is 10.0 Å². The fraction of sp³-hybridized carbons (Fsp3) is 0.333. The maximum atomic E-state index is 12.7. The first kappa shape index (κ1) is 20.5. The van der Waals surface area contributed by atoms with Gasteiger partial charge in [0.1, 0.15) is 25.4 Å². The lowest BCUT2D eigenvalue weighted by atomic mass is 10.3. The van der Waals surface area contributed by atoms with E-state index in [1.807, 2.05) is 7.05 Å². The minimum absolute atomic E-state index is 0.0172. The highest BCUT2D eigenvalue weighted by Gasteiger charge is 2.27. The van der Waals surface area contributed by atoms with Gasteiger partial charge < -0.3 is 9.64 Å². The predicted molar refractivity (Wildman–Crippen MR) is 111 cm³/mol. The van der Waals surface area contributed by atoms with Crippen LogP contribution in [-0.4, -0.2) is 39.6 Å². The Morgan fingerprint density at radius 3 is 2.62 bits per heavy atom. The number of hydrogen-bond acceptors (Lipinski definition) is 5. The number of sulfonamides is 1. The van der Waals surface area contributed by atoms with Crippen LogP contribution >= 0.6 is 62.1 Å². The van der Waals surface area contributed by atoms with Crippen molar-refractivity contribution in [3.63, 3.8) is 0 Å². The number of likely N-dealkylation sites (N-methyl/N-ethyl adjacent to an activating group) is 1. The van der Waals surface area contributed by atoms with Gasteiger partial charge in [-0.2, -0.15) is 0 Å². The molecule has 1 aromatic heterocycles. The van der Waals surface area contributed by atoms with E-state index >= 15 is 0 Å². The number of hydrogen-bond donors (Lipinski definition) is 1. The Kier molecular flexibility index (Phi) is 6.33. The number of anilines is 1. The Hall–Kier alpha value is -0.220. The van der Waals surface area contributed by atoms with Gasteiger partial charge in [0.2, 0.25) is 0 Å². The van der Waals surface area contributed by atoms with Crippen molar-refractivity contribution in [3.8, 4) is 5.75 Å². The van der Waals surface area contributed by atoms with Crippen molar-refractivity contribution in [1.29, 1.82) is 0 Å². The fourth-order valence-corrected chi connectivity index (χ4v) is 7.37. The lowest BCUT2D eigenvalue weighted by molar-refractivity contribution is 0.208. The number of likely N-dealkylation sites (tertiary alicyclic amines) is 1. The Labute approximate surface area is 179 Å². The molecule has 0 radical (unpaired) electrons. The Morgan fingerprint density at radius 2 is 2.04 bits per heavy atom. The lowest BCUT2D eigenvalue weighted by Gasteiger charge is -2.16. The maximum absolute atomic E-state index is 12.7. The number of thiophene rings is 1. The molecule has 142 valence electrons. The van der Waals surface area contributed by atoms with Gasteiger partial charge in [-0.05, 0) is 41.5 Å². The third kappa shape index (κ3) is 4.43. The first-order valence-corrected chi connectivity index (χ1v) is 11.7. The summed E-state index contributed by atoms with van der Waals surface area (Å²) in [5, 5.41) is 0.417. The molecule has 2 aromatic rings. The molecular formula is C15H14BrCl3N2O3S2. The molecule has 1 N–H and O–H groups in total. The molecule has 0 saturated carbocycles. The molecule has 0 aliphatic carbocycles. The molecule has 0 amide bonds. The molecule has 1 aliphatic heterocycles. The summed E-state index contributed by atoms with van der Waals surface area (Å²) >= 11 is 22.3. The molecule has 5 nitrogen and oxygen atoms in total. The normalized spacial score (nSPS) is 18.3. The third-order valence-electron chi connectivity index (χ3n) is 3.82. The quantitative estimate of drug-likeness (QED) is 0.577. The molecule has 26 heavy (non-hydrogen) atoms. The van der Waals surface area contributed by atoms with Gasteiger partial charge in [-0.3, -0.25) is 4.72 Å². The summed E-state index contributed by atoms with van der Waals surface area (Å²) < 4.78 is 34.4. The Morgan fingerprint density at radius 1 is 1.31 bits per heavy atom. The van der Waals surface area contributed by atoms with E-state index in [9.17, 15) is 8.42 Å². The first-order valence-electron chi connectivity index (χ1n) is 7.48. The fourth-order valence-electron chi connectivity index (χ4n) is 2.60. The maximum Gasteiger partial charge on any atom is 0.265 e. The number of rotatable bonds is 5. The number of benzene rings is 1. The molecule has 3 rings (SSSR count). The molecule has 0 bridgehead atoms. The van der Waals surface area contributed by atoms with Gasteiger partial charge in [0.15, 0.2) is 0 Å². The van der Waals surface area contributed by atoms with Crippen LogP contribution in [0.1, 0.15) is 6.42 Å². The smallest absolute Gasteiger partial charge is 0.265 e. The highest BCUT2D eigenvalue weighted by Crippen LogP contribution is 2.43. The first-order chi connectivity index (χ1) is 12.2. The van der Waals surface area contributed by atoms with Gasteiger partial charge in [-0.15, -0.1) is 11.3 Å². The molecule has 0 unspecified atom stereocenters. The molecule has 1 saturated heterocycles. The van der Waals surface area contributed by atoms with E-state index in [0.29, 0.717) is 16.5 Å². The minimum Gasteiger partial charge on any atom is -0.487 e. The van der Waals surface area contributed by atoms with Gasteiger partial charge in [-0.1, -0.05) is 34.8 Å². The van der Waals surface area contributed by atoms with Crippen molar-refractivity contribution in [2.45, 2.75) is 17.4 Å². The SMILES string of the molecule is CN1CC[C@@H](Oc2cc(NS(=O)(=O)c3c(Cl)sc(Cl)c3Br)ccc2Cl)C1. The van der Waals surface area contributed by atoms with Crippen LogP contribution in [0.4, 0.5) is 5.69 Å². The van der Waals surface area contributed by atoms with Crippen LogP contribution in [0.5, 0.6) is 5.75 Å². The summed E-state index contributed by atoms with van der Waals surface area (Å²) in [6.45, 7) is 1.74. The lowest BCUT2D eigenvalue weighted by Crippen LogP contribution is -2.21. The molecule has 2 heterocycles. The monoisotopic (exact) mass is 518 g/mol. The Balaban J connectivity index is 1.84. The molecule has 1 aliphatic rings. The van der Waals surface area contributed by atoms with E-state index < -0.39 is 10.0 Å². The molecule has 11 heteroatoms. The van der Waals surface area contributed by atoms with Gasteiger partial charge in [-0.25, -0.2) is 8.42 Å². The molecule has 0 spiro atoms. The molecule has 1 fully saturated rings. The summed E-state index contributed by atoms with van der Waals surface area (Å²) in [5.74, 6) is 0.431. The van der Waals surface area contributed by atoms with E-state index in [-0.39, 0.29) is 24.1 Å². The van der Waals surface area contributed by atoms with Gasteiger partial charge in [0, 0.05) is 19.2 Å². The zero-order chi connectivity index (χ0) is 19.1. The average Bonchev–Trinajstić information content (AvgIpc) is 3.05. The van der Waals surface area contributed by atoms with Crippen LogP contribution in [0, 0.1) is 0 Å². The summed E-state index contributed by atoms with van der Waals surface area (Å²) in [4.78, 5) is 2.06. The van der Waals surface area contributed by atoms with Crippen molar-refractivity contribution >= 4 is 77.8 Å². The van der Waals surface area contributed by atoms with Crippen LogP contribution < -0.4 is 9.46 Å². The zero-order valence-corrected chi connectivity index (χ0v) is 18.9. The molecule has 1 aromatic carbocycles. The number of ether oxygens (including phenoxy) is 1. The van der Waals surface area contributed by atoms with E-state index in [0.717, 1.165) is 30.8 Å². The van der Waals surface area contributed by atoms with E-state index in [2.05, 4.69) is 25.6 Å². The van der Waals surface area contributed by atoms with Crippen molar-refractivity contribution in [3.05, 3.63) is 36.4 Å². The second-order valence-corrected chi connectivity index (χ2v) is 10.9. The Bertz CT molecular complexity index is 936. The summed E-state index contributed by atoms with van der Waals surface area (Å²) in [6.07, 6.45) is 0.905. The van der Waals surface area contributed by atoms with Crippen LogP contribution in [0.15, 0.2) is 27.6 Å². The average molecular weight is 521 g/mol. The van der Waals surface area contributed by atoms with Crippen LogP contribution in [0.3, 0.4) is 0 Å². The van der Waals surface area contributed by atoms with Crippen molar-refractivity contribution in [2.24, 2.45) is 0 Å². The summed E-state index contributed by atoms with van der Waals surface area (Å²) in [6, 6.07) is 4.71. The van der Waals surface area contributed by atoms with Crippen molar-refractivity contribution in [2.75, 3.05) is 24.9 Å². The second-order valence-electron chi connectivity index (χ2n) is 5.83. The number of halogens is 4. The van der Waals surface area contributed by atoms with Gasteiger partial charge >= 0.3 is 0 Å². The predicted octanol–water partition coefficient (Wildman–Crippen LogP) is 5.35. The van der Waals surface area contributed by atoms with E-state index in [4.69, 9.17) is 39.5 Å². The molecular weight excluding hydrogens is 507 g/mol. The van der Waals surface area contributed by atoms with Crippen molar-refractivity contribution < 1.29 is 13.2 Å². The molecule has 1 atom stereocenters. The van der Waals surface area contributed by atoms with Crippen LogP contribution in [-0.2, 0) is 10.0 Å². The van der Waals surface area contributed by atoms with Gasteiger partial charge in [0.05, 0.1) is 15.2 Å². The van der Waals surface area contributed by atoms with Crippen LogP contribution in [0.25, 0.3) is 0 Å². The zero-order valence-electron chi connectivity index (χ0n) is 13.4. The largest absolute Gasteiger partial charge is 0.487 e.